The van der Waals surface area contributed by atoms with E-state index in [4.69, 9.17) is 14.2 Å². The lowest BCUT2D eigenvalue weighted by molar-refractivity contribution is 0.0599. The molecule has 33 heavy (non-hydrogen) atoms. The molecule has 4 rings (SSSR count). The molecule has 1 saturated heterocycles. The number of hydrogen-bond donors (Lipinski definition) is 1. The maximum absolute atomic E-state index is 12.7. The van der Waals surface area contributed by atoms with Crippen molar-refractivity contribution >= 4 is 16.9 Å². The third-order valence-electron chi connectivity index (χ3n) is 6.11. The minimum Gasteiger partial charge on any atom is -0.497 e. The number of H-pyrrole nitrogens is 1. The highest BCUT2D eigenvalue weighted by Crippen LogP contribution is 2.25. The first kappa shape index (κ1) is 22.8. The van der Waals surface area contributed by atoms with Crippen LogP contribution in [0.2, 0.25) is 0 Å². The number of hydrogen-bond acceptors (Lipinski definition) is 7. The molecule has 0 unspecified atom stereocenters. The van der Waals surface area contributed by atoms with E-state index in [1.54, 1.807) is 20.3 Å². The van der Waals surface area contributed by atoms with Crippen molar-refractivity contribution in [2.45, 2.75) is 13.1 Å². The zero-order chi connectivity index (χ0) is 23.4. The fourth-order valence-corrected chi connectivity index (χ4v) is 4.20. The fourth-order valence-electron chi connectivity index (χ4n) is 4.20. The third kappa shape index (κ3) is 5.02. The van der Waals surface area contributed by atoms with Gasteiger partial charge < -0.3 is 19.2 Å². The van der Waals surface area contributed by atoms with Gasteiger partial charge in [0.1, 0.15) is 17.1 Å². The van der Waals surface area contributed by atoms with E-state index in [0.717, 1.165) is 50.6 Å². The number of ether oxygens (including phenoxy) is 3. The quantitative estimate of drug-likeness (QED) is 0.553. The number of piperazine rings is 1. The first-order valence-corrected chi connectivity index (χ1v) is 10.9. The van der Waals surface area contributed by atoms with Gasteiger partial charge in [0.15, 0.2) is 0 Å². The van der Waals surface area contributed by atoms with Crippen molar-refractivity contribution in [1.29, 1.82) is 0 Å². The predicted octanol–water partition coefficient (Wildman–Crippen LogP) is 2.65. The zero-order valence-corrected chi connectivity index (χ0v) is 19.2. The van der Waals surface area contributed by atoms with Gasteiger partial charge in [-0.2, -0.15) is 0 Å². The number of pyridine rings is 1. The Bertz CT molecular complexity index is 1180. The van der Waals surface area contributed by atoms with E-state index in [1.807, 2.05) is 18.2 Å². The van der Waals surface area contributed by atoms with E-state index >= 15 is 0 Å². The number of rotatable bonds is 7. The Hall–Kier alpha value is -3.36. The number of methoxy groups -OCH3 is 3. The molecule has 0 atom stereocenters. The molecule has 2 aromatic carbocycles. The summed E-state index contributed by atoms with van der Waals surface area (Å²) in [6, 6.07) is 11.8. The SMILES string of the molecule is COC(=O)c1c[nH]c2cc(CN3CCN(Cc4ccc(OC)cc4)CC3)c(OC)cc2c1=O. The number of aromatic amines is 1. The molecule has 0 spiro atoms. The lowest BCUT2D eigenvalue weighted by atomic mass is 10.1. The highest BCUT2D eigenvalue weighted by atomic mass is 16.5. The molecule has 1 aliphatic heterocycles. The summed E-state index contributed by atoms with van der Waals surface area (Å²) in [5, 5.41) is 0.405. The molecule has 0 radical (unpaired) electrons. The van der Waals surface area contributed by atoms with Gasteiger partial charge in [-0.25, -0.2) is 4.79 Å². The predicted molar refractivity (Wildman–Crippen MR) is 126 cm³/mol. The maximum Gasteiger partial charge on any atom is 0.343 e. The van der Waals surface area contributed by atoms with Crippen LogP contribution in [0.15, 0.2) is 47.4 Å². The van der Waals surface area contributed by atoms with Crippen molar-refractivity contribution in [3.63, 3.8) is 0 Å². The van der Waals surface area contributed by atoms with Crippen LogP contribution in [0.3, 0.4) is 0 Å². The molecule has 0 saturated carbocycles. The number of esters is 1. The van der Waals surface area contributed by atoms with E-state index < -0.39 is 5.97 Å². The van der Waals surface area contributed by atoms with Gasteiger partial charge in [-0.3, -0.25) is 14.6 Å². The van der Waals surface area contributed by atoms with Crippen molar-refractivity contribution in [2.24, 2.45) is 0 Å². The molecule has 0 amide bonds. The summed E-state index contributed by atoms with van der Waals surface area (Å²) in [6.07, 6.45) is 1.41. The summed E-state index contributed by atoms with van der Waals surface area (Å²) in [6.45, 7) is 5.46. The number of carbonyl (C=O) groups excluding carboxylic acids is 1. The Kier molecular flexibility index (Phi) is 6.96. The van der Waals surface area contributed by atoms with Gasteiger partial charge in [0, 0.05) is 56.5 Å². The van der Waals surface area contributed by atoms with Gasteiger partial charge >= 0.3 is 5.97 Å². The summed E-state index contributed by atoms with van der Waals surface area (Å²) >= 11 is 0. The lowest BCUT2D eigenvalue weighted by Crippen LogP contribution is -2.45. The smallest absolute Gasteiger partial charge is 0.343 e. The van der Waals surface area contributed by atoms with Crippen LogP contribution in [0.25, 0.3) is 10.9 Å². The minimum atomic E-state index is -0.659. The van der Waals surface area contributed by atoms with E-state index in [2.05, 4.69) is 26.9 Å². The standard InChI is InChI=1S/C25H29N3O5/c1-31-19-6-4-17(5-7-19)15-27-8-10-28(11-9-27)16-18-12-22-20(13-23(18)32-2)24(29)21(14-26-22)25(30)33-3/h4-7,12-14H,8-11,15-16H2,1-3H3,(H,26,29). The average molecular weight is 452 g/mol. The fraction of sp³-hybridized carbons (Fsp3) is 0.360. The van der Waals surface area contributed by atoms with Crippen LogP contribution < -0.4 is 14.9 Å². The highest BCUT2D eigenvalue weighted by molar-refractivity contribution is 5.94. The van der Waals surface area contributed by atoms with Crippen LogP contribution in [0.1, 0.15) is 21.5 Å². The second-order valence-electron chi connectivity index (χ2n) is 8.13. The van der Waals surface area contributed by atoms with Crippen LogP contribution in [-0.4, -0.2) is 68.3 Å². The van der Waals surface area contributed by atoms with Crippen molar-refractivity contribution in [1.82, 2.24) is 14.8 Å². The lowest BCUT2D eigenvalue weighted by Gasteiger charge is -2.35. The molecule has 1 N–H and O–H groups in total. The van der Waals surface area contributed by atoms with Crippen molar-refractivity contribution in [3.05, 3.63) is 69.5 Å². The summed E-state index contributed by atoms with van der Waals surface area (Å²) in [5.74, 6) is 0.847. The summed E-state index contributed by atoms with van der Waals surface area (Å²) in [4.78, 5) is 32.4. The number of aromatic nitrogens is 1. The number of nitrogens with zero attached hydrogens (tertiary/aromatic N) is 2. The number of nitrogens with one attached hydrogen (secondary N) is 1. The maximum atomic E-state index is 12.7. The van der Waals surface area contributed by atoms with Gasteiger partial charge in [0.05, 0.1) is 26.7 Å². The first-order chi connectivity index (χ1) is 16.0. The van der Waals surface area contributed by atoms with E-state index in [9.17, 15) is 9.59 Å². The number of benzene rings is 2. The van der Waals surface area contributed by atoms with Crippen molar-refractivity contribution in [3.8, 4) is 11.5 Å². The molecule has 174 valence electrons. The molecular weight excluding hydrogens is 422 g/mol. The van der Waals surface area contributed by atoms with Crippen LogP contribution in [-0.2, 0) is 17.8 Å². The molecule has 8 heteroatoms. The molecular formula is C25H29N3O5. The van der Waals surface area contributed by atoms with Crippen LogP contribution in [0, 0.1) is 0 Å². The Balaban J connectivity index is 1.44. The average Bonchev–Trinajstić information content (AvgIpc) is 2.85. The molecule has 0 aliphatic carbocycles. The third-order valence-corrected chi connectivity index (χ3v) is 6.11. The molecule has 0 bridgehead atoms. The van der Waals surface area contributed by atoms with E-state index in [1.165, 1.54) is 18.9 Å². The van der Waals surface area contributed by atoms with Crippen LogP contribution in [0.4, 0.5) is 0 Å². The highest BCUT2D eigenvalue weighted by Gasteiger charge is 2.20. The van der Waals surface area contributed by atoms with Gasteiger partial charge in [-0.05, 0) is 29.8 Å². The van der Waals surface area contributed by atoms with Gasteiger partial charge in [-0.1, -0.05) is 12.1 Å². The molecule has 2 heterocycles. The van der Waals surface area contributed by atoms with Gasteiger partial charge in [0.2, 0.25) is 5.43 Å². The molecule has 3 aromatic rings. The molecule has 1 aliphatic rings. The summed E-state index contributed by atoms with van der Waals surface area (Å²) in [5.41, 5.74) is 2.55. The van der Waals surface area contributed by atoms with Gasteiger partial charge in [-0.15, -0.1) is 0 Å². The van der Waals surface area contributed by atoms with Crippen molar-refractivity contribution < 1.29 is 19.0 Å². The van der Waals surface area contributed by atoms with Crippen LogP contribution >= 0.6 is 0 Å². The number of fused-ring (bicyclic) bond motifs is 1. The van der Waals surface area contributed by atoms with Crippen molar-refractivity contribution in [2.75, 3.05) is 47.5 Å². The monoisotopic (exact) mass is 451 g/mol. The number of carbonyl (C=O) groups is 1. The van der Waals surface area contributed by atoms with Gasteiger partial charge in [0.25, 0.3) is 0 Å². The molecule has 1 fully saturated rings. The second kappa shape index (κ2) is 10.1. The Morgan fingerprint density at radius 3 is 2.21 bits per heavy atom. The Morgan fingerprint density at radius 2 is 1.61 bits per heavy atom. The minimum absolute atomic E-state index is 0.0206. The zero-order valence-electron chi connectivity index (χ0n) is 19.2. The Morgan fingerprint density at radius 1 is 0.939 bits per heavy atom. The largest absolute Gasteiger partial charge is 0.497 e. The van der Waals surface area contributed by atoms with E-state index in [-0.39, 0.29) is 11.0 Å². The summed E-state index contributed by atoms with van der Waals surface area (Å²) < 4.78 is 15.5. The topological polar surface area (TPSA) is 84.1 Å². The Labute approximate surface area is 192 Å². The van der Waals surface area contributed by atoms with E-state index in [0.29, 0.717) is 16.7 Å². The molecule has 8 nitrogen and oxygen atoms in total. The first-order valence-electron chi connectivity index (χ1n) is 10.9. The van der Waals surface area contributed by atoms with Crippen LogP contribution in [0.5, 0.6) is 11.5 Å². The second-order valence-corrected chi connectivity index (χ2v) is 8.13. The molecule has 1 aromatic heterocycles. The normalized spacial score (nSPS) is 14.9. The summed E-state index contributed by atoms with van der Waals surface area (Å²) in [7, 11) is 4.53.